The van der Waals surface area contributed by atoms with Crippen LogP contribution in [-0.2, 0) is 10.0 Å². The van der Waals surface area contributed by atoms with Gasteiger partial charge in [-0.05, 0) is 79.9 Å². The molecular weight excluding hydrogens is 471 g/mol. The van der Waals surface area contributed by atoms with Crippen molar-refractivity contribution in [2.45, 2.75) is 25.7 Å². The molecule has 156 valence electrons. The Morgan fingerprint density at radius 3 is 2.27 bits per heavy atom. The van der Waals surface area contributed by atoms with Gasteiger partial charge in [0.25, 0.3) is 15.9 Å². The first-order valence-corrected chi connectivity index (χ1v) is 11.3. The molecule has 30 heavy (non-hydrogen) atoms. The largest absolute Gasteiger partial charge is 0.319 e. The summed E-state index contributed by atoms with van der Waals surface area (Å²) in [5, 5.41) is 2.47. The van der Waals surface area contributed by atoms with Gasteiger partial charge in [0.05, 0.1) is 10.6 Å². The quantitative estimate of drug-likeness (QED) is 0.490. The summed E-state index contributed by atoms with van der Waals surface area (Å²) in [6, 6.07) is 13.8. The Morgan fingerprint density at radius 2 is 1.60 bits per heavy atom. The molecule has 0 saturated heterocycles. The smallest absolute Gasteiger partial charge is 0.262 e. The first-order valence-electron chi connectivity index (χ1n) is 9.04. The lowest BCUT2D eigenvalue weighted by Crippen LogP contribution is -2.17. The second kappa shape index (κ2) is 8.57. The van der Waals surface area contributed by atoms with Gasteiger partial charge in [0, 0.05) is 15.7 Å². The third kappa shape index (κ3) is 4.88. The second-order valence-corrected chi connectivity index (χ2v) is 9.53. The van der Waals surface area contributed by atoms with Gasteiger partial charge < -0.3 is 5.32 Å². The predicted molar refractivity (Wildman–Crippen MR) is 120 cm³/mol. The third-order valence-electron chi connectivity index (χ3n) is 4.68. The van der Waals surface area contributed by atoms with Crippen LogP contribution in [-0.4, -0.2) is 14.3 Å². The number of aryl methyl sites for hydroxylation is 3. The number of anilines is 2. The van der Waals surface area contributed by atoms with Crippen LogP contribution < -0.4 is 10.0 Å². The van der Waals surface area contributed by atoms with Crippen molar-refractivity contribution in [2.75, 3.05) is 10.0 Å². The Hall–Kier alpha value is -2.71. The monoisotopic (exact) mass is 490 g/mol. The van der Waals surface area contributed by atoms with E-state index >= 15 is 0 Å². The van der Waals surface area contributed by atoms with E-state index in [0.717, 1.165) is 11.1 Å². The Morgan fingerprint density at radius 1 is 0.900 bits per heavy atom. The molecular formula is C22H20BrFN2O3S. The van der Waals surface area contributed by atoms with Crippen molar-refractivity contribution in [2.24, 2.45) is 0 Å². The zero-order chi connectivity index (χ0) is 22.1. The van der Waals surface area contributed by atoms with Gasteiger partial charge in [-0.25, -0.2) is 12.8 Å². The van der Waals surface area contributed by atoms with Crippen molar-refractivity contribution in [3.63, 3.8) is 0 Å². The van der Waals surface area contributed by atoms with Gasteiger partial charge in [-0.1, -0.05) is 28.1 Å². The highest BCUT2D eigenvalue weighted by atomic mass is 79.9. The molecule has 1 amide bonds. The molecule has 0 unspecified atom stereocenters. The molecule has 0 aliphatic rings. The Labute approximate surface area is 183 Å². The molecule has 0 bridgehead atoms. The number of halogens is 2. The van der Waals surface area contributed by atoms with E-state index in [0.29, 0.717) is 15.7 Å². The van der Waals surface area contributed by atoms with Crippen LogP contribution in [0.4, 0.5) is 15.8 Å². The van der Waals surface area contributed by atoms with Crippen LogP contribution in [0, 0.1) is 26.6 Å². The fourth-order valence-corrected chi connectivity index (χ4v) is 4.49. The summed E-state index contributed by atoms with van der Waals surface area (Å²) < 4.78 is 43.0. The maximum absolute atomic E-state index is 14.0. The van der Waals surface area contributed by atoms with Crippen LogP contribution in [0.5, 0.6) is 0 Å². The number of rotatable bonds is 5. The van der Waals surface area contributed by atoms with Crippen molar-refractivity contribution >= 4 is 43.2 Å². The van der Waals surface area contributed by atoms with E-state index in [1.54, 1.807) is 31.2 Å². The van der Waals surface area contributed by atoms with Gasteiger partial charge in [-0.15, -0.1) is 0 Å². The summed E-state index contributed by atoms with van der Waals surface area (Å²) in [7, 11) is -3.93. The lowest BCUT2D eigenvalue weighted by molar-refractivity contribution is 0.102. The number of hydrogen-bond acceptors (Lipinski definition) is 3. The van der Waals surface area contributed by atoms with Gasteiger partial charge in [0.15, 0.2) is 0 Å². The minimum atomic E-state index is -3.93. The number of benzene rings is 3. The summed E-state index contributed by atoms with van der Waals surface area (Å²) in [6.45, 7) is 5.48. The van der Waals surface area contributed by atoms with Gasteiger partial charge in [0.1, 0.15) is 5.82 Å². The summed E-state index contributed by atoms with van der Waals surface area (Å²) in [5.74, 6) is -1.21. The number of carbonyl (C=O) groups is 1. The number of amides is 1. The average Bonchev–Trinajstić information content (AvgIpc) is 2.67. The topological polar surface area (TPSA) is 75.3 Å². The molecule has 0 saturated carbocycles. The lowest BCUT2D eigenvalue weighted by atomic mass is 10.1. The van der Waals surface area contributed by atoms with E-state index < -0.39 is 21.7 Å². The van der Waals surface area contributed by atoms with Gasteiger partial charge in [-0.3, -0.25) is 9.52 Å². The number of hydrogen-bond donors (Lipinski definition) is 2. The van der Waals surface area contributed by atoms with Crippen LogP contribution in [0.25, 0.3) is 0 Å². The number of carbonyl (C=O) groups excluding carboxylic acids is 1. The fourth-order valence-electron chi connectivity index (χ4n) is 2.83. The average molecular weight is 491 g/mol. The highest BCUT2D eigenvalue weighted by Crippen LogP contribution is 2.24. The van der Waals surface area contributed by atoms with E-state index in [-0.39, 0.29) is 16.1 Å². The van der Waals surface area contributed by atoms with Crippen molar-refractivity contribution < 1.29 is 17.6 Å². The molecule has 0 aromatic heterocycles. The molecule has 3 aromatic rings. The molecule has 0 heterocycles. The molecule has 3 aromatic carbocycles. The first kappa shape index (κ1) is 22.0. The van der Waals surface area contributed by atoms with Gasteiger partial charge in [0.2, 0.25) is 0 Å². The van der Waals surface area contributed by atoms with Crippen molar-refractivity contribution in [1.82, 2.24) is 0 Å². The molecule has 0 fully saturated rings. The van der Waals surface area contributed by atoms with Crippen LogP contribution in [0.1, 0.15) is 27.0 Å². The molecule has 3 rings (SSSR count). The normalized spacial score (nSPS) is 11.2. The van der Waals surface area contributed by atoms with Gasteiger partial charge >= 0.3 is 0 Å². The van der Waals surface area contributed by atoms with Crippen molar-refractivity contribution in [3.8, 4) is 0 Å². The van der Waals surface area contributed by atoms with Crippen LogP contribution in [0.2, 0.25) is 0 Å². The summed E-state index contributed by atoms with van der Waals surface area (Å²) in [5.41, 5.74) is 3.02. The van der Waals surface area contributed by atoms with E-state index in [4.69, 9.17) is 0 Å². The minimum absolute atomic E-state index is 0.00133. The second-order valence-electron chi connectivity index (χ2n) is 6.96. The van der Waals surface area contributed by atoms with Crippen molar-refractivity contribution in [3.05, 3.63) is 87.1 Å². The van der Waals surface area contributed by atoms with Crippen LogP contribution in [0.15, 0.2) is 64.0 Å². The van der Waals surface area contributed by atoms with Crippen LogP contribution in [0.3, 0.4) is 0 Å². The molecule has 0 aliphatic carbocycles. The highest BCUT2D eigenvalue weighted by Gasteiger charge is 2.20. The van der Waals surface area contributed by atoms with E-state index in [2.05, 4.69) is 26.0 Å². The first-order chi connectivity index (χ1) is 14.1. The lowest BCUT2D eigenvalue weighted by Gasteiger charge is -2.13. The Balaban J connectivity index is 1.89. The molecule has 8 heteroatoms. The molecule has 0 aliphatic heterocycles. The SMILES string of the molecule is Cc1ccc(NS(=O)(=O)c2cc(C(=O)Nc3ccc(Br)cc3F)ccc2C)cc1C. The predicted octanol–water partition coefficient (Wildman–Crippen LogP) is 5.57. The Kier molecular flexibility index (Phi) is 6.28. The zero-order valence-corrected chi connectivity index (χ0v) is 19.0. The minimum Gasteiger partial charge on any atom is -0.319 e. The van der Waals surface area contributed by atoms with Gasteiger partial charge in [-0.2, -0.15) is 0 Å². The number of nitrogens with one attached hydrogen (secondary N) is 2. The maximum Gasteiger partial charge on any atom is 0.262 e. The fraction of sp³-hybridized carbons (Fsp3) is 0.136. The maximum atomic E-state index is 14.0. The molecule has 0 atom stereocenters. The van der Waals surface area contributed by atoms with E-state index in [1.165, 1.54) is 24.3 Å². The molecule has 0 radical (unpaired) electrons. The van der Waals surface area contributed by atoms with Crippen molar-refractivity contribution in [1.29, 1.82) is 0 Å². The summed E-state index contributed by atoms with van der Waals surface area (Å²) in [6.07, 6.45) is 0. The number of sulfonamides is 1. The summed E-state index contributed by atoms with van der Waals surface area (Å²) in [4.78, 5) is 12.6. The molecule has 0 spiro atoms. The molecule has 5 nitrogen and oxygen atoms in total. The zero-order valence-electron chi connectivity index (χ0n) is 16.6. The summed E-state index contributed by atoms with van der Waals surface area (Å²) >= 11 is 3.16. The highest BCUT2D eigenvalue weighted by molar-refractivity contribution is 9.10. The Bertz CT molecular complexity index is 1240. The van der Waals surface area contributed by atoms with E-state index in [1.807, 2.05) is 19.9 Å². The molecule has 2 N–H and O–H groups in total. The van der Waals surface area contributed by atoms with E-state index in [9.17, 15) is 17.6 Å². The standard InChI is InChI=1S/C22H20BrFN2O3S/c1-13-5-8-18(10-15(13)3)26-30(28,29)21-11-16(6-4-14(21)2)22(27)25-20-9-7-17(23)12-19(20)24/h4-12,26H,1-3H3,(H,25,27). The third-order valence-corrected chi connectivity index (χ3v) is 6.69. The van der Waals surface area contributed by atoms with Crippen LogP contribution >= 0.6 is 15.9 Å².